The van der Waals surface area contributed by atoms with Gasteiger partial charge < -0.3 is 9.32 Å². The van der Waals surface area contributed by atoms with Crippen LogP contribution in [0.15, 0.2) is 180 Å². The van der Waals surface area contributed by atoms with Gasteiger partial charge in [-0.3, -0.25) is 0 Å². The maximum atomic E-state index is 6.13. The Balaban J connectivity index is 1.09. The minimum absolute atomic E-state index is 0.0377. The molecule has 0 bridgehead atoms. The van der Waals surface area contributed by atoms with E-state index >= 15 is 0 Å². The number of furan rings is 1. The molecule has 1 heterocycles. The third-order valence-corrected chi connectivity index (χ3v) is 11.6. The van der Waals surface area contributed by atoms with Gasteiger partial charge in [-0.05, 0) is 124 Å². The van der Waals surface area contributed by atoms with Crippen LogP contribution in [0.3, 0.4) is 0 Å². The fourth-order valence-electron chi connectivity index (χ4n) is 8.93. The van der Waals surface area contributed by atoms with E-state index < -0.39 is 0 Å². The summed E-state index contributed by atoms with van der Waals surface area (Å²) in [7, 11) is 0. The van der Waals surface area contributed by atoms with Gasteiger partial charge in [0.25, 0.3) is 0 Å². The van der Waals surface area contributed by atoms with Crippen molar-refractivity contribution >= 4 is 39.0 Å². The second-order valence-corrected chi connectivity index (χ2v) is 15.5. The summed E-state index contributed by atoms with van der Waals surface area (Å²) in [6.45, 7) is 9.19. The Hall–Kier alpha value is -6.64. The molecule has 10 rings (SSSR count). The van der Waals surface area contributed by atoms with Crippen molar-refractivity contribution in [3.63, 3.8) is 0 Å². The Labute approximate surface area is 323 Å². The summed E-state index contributed by atoms with van der Waals surface area (Å²) in [6, 6.07) is 64.0. The molecule has 8 aromatic carbocycles. The zero-order chi connectivity index (χ0) is 37.3. The van der Waals surface area contributed by atoms with E-state index in [0.29, 0.717) is 0 Å². The van der Waals surface area contributed by atoms with E-state index in [2.05, 4.69) is 196 Å². The molecule has 55 heavy (non-hydrogen) atoms. The maximum absolute atomic E-state index is 6.13. The highest BCUT2D eigenvalue weighted by Gasteiger charge is 2.36. The van der Waals surface area contributed by atoms with Gasteiger partial charge in [-0.1, -0.05) is 141 Å². The first-order chi connectivity index (χ1) is 26.8. The zero-order valence-corrected chi connectivity index (χ0v) is 31.6. The van der Waals surface area contributed by atoms with Gasteiger partial charge in [-0.25, -0.2) is 0 Å². The zero-order valence-electron chi connectivity index (χ0n) is 31.6. The Morgan fingerprint density at radius 2 is 1.11 bits per heavy atom. The van der Waals surface area contributed by atoms with Gasteiger partial charge in [0.2, 0.25) is 0 Å². The summed E-state index contributed by atoms with van der Waals surface area (Å²) < 4.78 is 6.13. The molecular weight excluding hydrogens is 667 g/mol. The van der Waals surface area contributed by atoms with Crippen LogP contribution in [0.5, 0.6) is 0 Å². The molecular formula is C53H41NO. The molecule has 0 amide bonds. The molecule has 0 saturated heterocycles. The van der Waals surface area contributed by atoms with Crippen molar-refractivity contribution in [2.75, 3.05) is 4.90 Å². The topological polar surface area (TPSA) is 16.4 Å². The highest BCUT2D eigenvalue weighted by molar-refractivity contribution is 6.06. The fourth-order valence-corrected chi connectivity index (χ4v) is 8.93. The van der Waals surface area contributed by atoms with Crippen LogP contribution in [-0.4, -0.2) is 0 Å². The number of anilines is 3. The molecule has 0 radical (unpaired) electrons. The highest BCUT2D eigenvalue weighted by Crippen LogP contribution is 2.51. The van der Waals surface area contributed by atoms with Crippen molar-refractivity contribution in [3.05, 3.63) is 198 Å². The van der Waals surface area contributed by atoms with Gasteiger partial charge in [0, 0.05) is 33.1 Å². The average molecular weight is 708 g/mol. The van der Waals surface area contributed by atoms with Gasteiger partial charge in [0.05, 0.1) is 5.69 Å². The Bertz CT molecular complexity index is 2910. The van der Waals surface area contributed by atoms with Gasteiger partial charge in [0.1, 0.15) is 11.2 Å². The van der Waals surface area contributed by atoms with Crippen molar-refractivity contribution in [1.82, 2.24) is 0 Å². The van der Waals surface area contributed by atoms with Crippen molar-refractivity contribution < 1.29 is 4.42 Å². The van der Waals surface area contributed by atoms with Crippen molar-refractivity contribution in [3.8, 4) is 44.5 Å². The summed E-state index contributed by atoms with van der Waals surface area (Å²) in [6.07, 6.45) is 0. The van der Waals surface area contributed by atoms with E-state index in [1.807, 2.05) is 12.1 Å². The molecule has 0 fully saturated rings. The minimum Gasteiger partial charge on any atom is -0.456 e. The van der Waals surface area contributed by atoms with E-state index in [-0.39, 0.29) is 5.41 Å². The lowest BCUT2D eigenvalue weighted by molar-refractivity contribution is 0.659. The van der Waals surface area contributed by atoms with Gasteiger partial charge in [0.15, 0.2) is 0 Å². The smallest absolute Gasteiger partial charge is 0.135 e. The monoisotopic (exact) mass is 707 g/mol. The van der Waals surface area contributed by atoms with Crippen molar-refractivity contribution in [2.24, 2.45) is 0 Å². The summed E-state index contributed by atoms with van der Waals surface area (Å²) >= 11 is 0. The third-order valence-electron chi connectivity index (χ3n) is 11.6. The van der Waals surface area contributed by atoms with E-state index in [9.17, 15) is 0 Å². The fraction of sp³-hybridized carbons (Fsp3) is 0.0943. The van der Waals surface area contributed by atoms with Crippen molar-refractivity contribution in [1.29, 1.82) is 0 Å². The van der Waals surface area contributed by atoms with Crippen LogP contribution in [-0.2, 0) is 5.41 Å². The predicted octanol–water partition coefficient (Wildman–Crippen LogP) is 15.0. The number of fused-ring (bicyclic) bond motifs is 6. The summed E-state index contributed by atoms with van der Waals surface area (Å²) in [5.74, 6) is 0. The summed E-state index contributed by atoms with van der Waals surface area (Å²) in [4.78, 5) is 2.40. The van der Waals surface area contributed by atoms with Crippen LogP contribution >= 0.6 is 0 Å². The quantitative estimate of drug-likeness (QED) is 0.171. The molecule has 0 aliphatic heterocycles. The maximum Gasteiger partial charge on any atom is 0.135 e. The highest BCUT2D eigenvalue weighted by atomic mass is 16.3. The molecule has 0 N–H and O–H groups in total. The van der Waals surface area contributed by atoms with E-state index in [4.69, 9.17) is 4.42 Å². The molecule has 0 saturated carbocycles. The number of aryl methyl sites for hydroxylation is 2. The Morgan fingerprint density at radius 3 is 1.96 bits per heavy atom. The number of hydrogen-bond acceptors (Lipinski definition) is 2. The SMILES string of the molecule is Cc1cc(C)c2c(c1)C(C)(C)c1ccc(-c3cccc(N(c4ccc(-c5ccc6oc7ccccc7c6c5)cc4)c4ccccc4-c4ccccc4)c3)cc1-2. The third kappa shape index (κ3) is 5.48. The van der Waals surface area contributed by atoms with Crippen LogP contribution in [0.25, 0.3) is 66.4 Å². The summed E-state index contributed by atoms with van der Waals surface area (Å²) in [5.41, 5.74) is 20.4. The Kier molecular flexibility index (Phi) is 7.64. The molecule has 9 aromatic rings. The van der Waals surface area contributed by atoms with Crippen LogP contribution in [0, 0.1) is 13.8 Å². The first kappa shape index (κ1) is 33.0. The summed E-state index contributed by atoms with van der Waals surface area (Å²) in [5, 5.41) is 2.28. The van der Waals surface area contributed by atoms with Crippen LogP contribution in [0.4, 0.5) is 17.1 Å². The second kappa shape index (κ2) is 12.7. The number of para-hydroxylation sites is 2. The van der Waals surface area contributed by atoms with E-state index in [0.717, 1.165) is 50.1 Å². The normalized spacial score (nSPS) is 12.9. The second-order valence-electron chi connectivity index (χ2n) is 15.5. The molecule has 2 nitrogen and oxygen atoms in total. The van der Waals surface area contributed by atoms with Gasteiger partial charge >= 0.3 is 0 Å². The first-order valence-electron chi connectivity index (χ1n) is 19.2. The number of nitrogens with zero attached hydrogens (tertiary/aromatic N) is 1. The number of benzene rings is 8. The minimum atomic E-state index is -0.0377. The standard InChI is InChI=1S/C53H41NO/c1-34-29-35(2)52-46-33-40(23-27-47(46)53(3,4)48(52)30-34)38-15-12-16-42(31-38)54(49-19-10-8-17-43(49)37-13-6-5-7-14-37)41-25-21-36(22-26-41)39-24-28-51-45(32-39)44-18-9-11-20-50(44)55-51/h5-33H,1-4H3. The lowest BCUT2D eigenvalue weighted by Gasteiger charge is -2.28. The Morgan fingerprint density at radius 1 is 0.436 bits per heavy atom. The van der Waals surface area contributed by atoms with E-state index in [1.54, 1.807) is 0 Å². The molecule has 2 heteroatoms. The molecule has 1 aromatic heterocycles. The largest absolute Gasteiger partial charge is 0.456 e. The van der Waals surface area contributed by atoms with Crippen molar-refractivity contribution in [2.45, 2.75) is 33.1 Å². The molecule has 0 unspecified atom stereocenters. The lowest BCUT2D eigenvalue weighted by Crippen LogP contribution is -2.15. The van der Waals surface area contributed by atoms with Crippen LogP contribution < -0.4 is 4.90 Å². The van der Waals surface area contributed by atoms with Crippen LogP contribution in [0.2, 0.25) is 0 Å². The van der Waals surface area contributed by atoms with Gasteiger partial charge in [-0.15, -0.1) is 0 Å². The molecule has 0 spiro atoms. The number of rotatable bonds is 6. The number of hydrogen-bond donors (Lipinski definition) is 0. The first-order valence-corrected chi connectivity index (χ1v) is 19.2. The van der Waals surface area contributed by atoms with Gasteiger partial charge in [-0.2, -0.15) is 0 Å². The van der Waals surface area contributed by atoms with E-state index in [1.165, 1.54) is 55.6 Å². The molecule has 1 aliphatic carbocycles. The molecule has 264 valence electrons. The lowest BCUT2D eigenvalue weighted by atomic mass is 9.81. The predicted molar refractivity (Wildman–Crippen MR) is 232 cm³/mol. The molecule has 1 aliphatic rings. The van der Waals surface area contributed by atoms with Crippen LogP contribution in [0.1, 0.15) is 36.1 Å². The average Bonchev–Trinajstić information content (AvgIpc) is 3.70. The molecule has 0 atom stereocenters.